The molecule has 1 heterocycles. The van der Waals surface area contributed by atoms with E-state index in [1.54, 1.807) is 0 Å². The smallest absolute Gasteiger partial charge is 0.238 e. The Hall–Kier alpha value is -1.69. The summed E-state index contributed by atoms with van der Waals surface area (Å²) in [6.45, 7) is 1.51. The van der Waals surface area contributed by atoms with Gasteiger partial charge < -0.3 is 9.80 Å². The van der Waals surface area contributed by atoms with Crippen molar-refractivity contribution < 1.29 is 12.8 Å². The Balaban J connectivity index is 2.40. The van der Waals surface area contributed by atoms with Crippen LogP contribution in [0.3, 0.4) is 0 Å². The summed E-state index contributed by atoms with van der Waals surface area (Å²) in [4.78, 5) is 3.56. The number of benzene rings is 1. The van der Waals surface area contributed by atoms with Crippen LogP contribution in [0.4, 0.5) is 10.1 Å². The molecule has 0 aromatic heterocycles. The van der Waals surface area contributed by atoms with Gasteiger partial charge in [0.25, 0.3) is 0 Å². The zero-order valence-electron chi connectivity index (χ0n) is 13.3. The number of nitriles is 1. The van der Waals surface area contributed by atoms with E-state index in [9.17, 15) is 18.1 Å². The molecule has 0 spiro atoms. The van der Waals surface area contributed by atoms with Gasteiger partial charge in [-0.25, -0.2) is 17.9 Å². The predicted molar refractivity (Wildman–Crippen MR) is 86.0 cm³/mol. The maximum absolute atomic E-state index is 14.5. The number of primary sulfonamides is 1. The van der Waals surface area contributed by atoms with E-state index in [0.29, 0.717) is 6.54 Å². The first-order valence-electron chi connectivity index (χ1n) is 7.42. The number of sulfonamides is 1. The molecule has 0 aliphatic carbocycles. The Morgan fingerprint density at radius 2 is 2.17 bits per heavy atom. The first kappa shape index (κ1) is 17.7. The Morgan fingerprint density at radius 3 is 2.74 bits per heavy atom. The third-order valence-corrected chi connectivity index (χ3v) is 4.95. The van der Waals surface area contributed by atoms with E-state index in [1.165, 1.54) is 0 Å². The molecular weight excluding hydrogens is 319 g/mol. The second kappa shape index (κ2) is 6.83. The number of nitrogens with zero attached hydrogens (tertiary/aromatic N) is 3. The van der Waals surface area contributed by atoms with Crippen LogP contribution in [0.5, 0.6) is 0 Å². The SMILES string of the molecule is CN(C)CC[C@@H]1CCCN1c1c(F)cc(S(N)(=O)=O)cc1C#N. The molecule has 2 rings (SSSR count). The monoisotopic (exact) mass is 340 g/mol. The summed E-state index contributed by atoms with van der Waals surface area (Å²) in [5.74, 6) is -0.718. The van der Waals surface area contributed by atoms with Crippen molar-refractivity contribution in [1.29, 1.82) is 5.26 Å². The van der Waals surface area contributed by atoms with E-state index in [4.69, 9.17) is 5.14 Å². The van der Waals surface area contributed by atoms with Gasteiger partial charge in [-0.2, -0.15) is 5.26 Å². The summed E-state index contributed by atoms with van der Waals surface area (Å²) in [6, 6.07) is 4.08. The summed E-state index contributed by atoms with van der Waals surface area (Å²) < 4.78 is 37.3. The molecule has 0 amide bonds. The molecule has 0 saturated carbocycles. The molecule has 2 N–H and O–H groups in total. The molecule has 1 fully saturated rings. The summed E-state index contributed by atoms with van der Waals surface area (Å²) in [5, 5.41) is 14.3. The molecule has 1 aliphatic rings. The van der Waals surface area contributed by atoms with Crippen LogP contribution in [0.25, 0.3) is 0 Å². The summed E-state index contributed by atoms with van der Waals surface area (Å²) in [6.07, 6.45) is 2.70. The number of hydrogen-bond acceptors (Lipinski definition) is 5. The normalized spacial score (nSPS) is 18.4. The van der Waals surface area contributed by atoms with E-state index in [-0.39, 0.29) is 22.2 Å². The van der Waals surface area contributed by atoms with Crippen LogP contribution >= 0.6 is 0 Å². The lowest BCUT2D eigenvalue weighted by molar-refractivity contribution is 0.379. The number of nitrogens with two attached hydrogens (primary N) is 1. The Kier molecular flexibility index (Phi) is 5.24. The van der Waals surface area contributed by atoms with Gasteiger partial charge in [0.15, 0.2) is 0 Å². The third kappa shape index (κ3) is 3.99. The third-order valence-electron chi connectivity index (χ3n) is 4.06. The molecule has 126 valence electrons. The Labute approximate surface area is 136 Å². The van der Waals surface area contributed by atoms with Crippen LogP contribution in [0.15, 0.2) is 17.0 Å². The fourth-order valence-electron chi connectivity index (χ4n) is 2.95. The van der Waals surface area contributed by atoms with Crippen molar-refractivity contribution in [1.82, 2.24) is 4.90 Å². The maximum Gasteiger partial charge on any atom is 0.238 e. The molecule has 1 aromatic carbocycles. The summed E-state index contributed by atoms with van der Waals surface area (Å²) in [7, 11) is -0.102. The molecule has 1 aromatic rings. The minimum absolute atomic E-state index is 0.00535. The predicted octanol–water partition coefficient (Wildman–Crippen LogP) is 1.27. The van der Waals surface area contributed by atoms with E-state index >= 15 is 0 Å². The summed E-state index contributed by atoms with van der Waals surface area (Å²) in [5.41, 5.74) is 0.187. The van der Waals surface area contributed by atoms with Crippen molar-refractivity contribution in [3.8, 4) is 6.07 Å². The lowest BCUT2D eigenvalue weighted by Crippen LogP contribution is -2.33. The molecule has 0 radical (unpaired) electrons. The van der Waals surface area contributed by atoms with Gasteiger partial charge in [-0.1, -0.05) is 0 Å². The number of hydrogen-bond donors (Lipinski definition) is 1. The second-order valence-corrected chi connectivity index (χ2v) is 7.60. The zero-order chi connectivity index (χ0) is 17.2. The Bertz CT molecular complexity index is 728. The van der Waals surface area contributed by atoms with Crippen molar-refractivity contribution in [3.63, 3.8) is 0 Å². The molecule has 1 aliphatic heterocycles. The number of rotatable bonds is 5. The van der Waals surface area contributed by atoms with Gasteiger partial charge in [-0.3, -0.25) is 0 Å². The minimum atomic E-state index is -4.05. The van der Waals surface area contributed by atoms with Crippen molar-refractivity contribution in [2.75, 3.05) is 32.1 Å². The topological polar surface area (TPSA) is 90.4 Å². The van der Waals surface area contributed by atoms with Gasteiger partial charge in [-0.15, -0.1) is 0 Å². The molecule has 1 atom stereocenters. The van der Waals surface area contributed by atoms with E-state index in [1.807, 2.05) is 25.1 Å². The maximum atomic E-state index is 14.5. The molecule has 8 heteroatoms. The van der Waals surface area contributed by atoms with Gasteiger partial charge in [0.2, 0.25) is 10.0 Å². The average molecular weight is 340 g/mol. The van der Waals surface area contributed by atoms with E-state index < -0.39 is 15.8 Å². The van der Waals surface area contributed by atoms with E-state index in [0.717, 1.165) is 37.9 Å². The summed E-state index contributed by atoms with van der Waals surface area (Å²) >= 11 is 0. The van der Waals surface area contributed by atoms with Crippen LogP contribution in [0.2, 0.25) is 0 Å². The number of anilines is 1. The van der Waals surface area contributed by atoms with Crippen LogP contribution in [-0.4, -0.2) is 46.5 Å². The molecule has 0 unspecified atom stereocenters. The van der Waals surface area contributed by atoms with Crippen molar-refractivity contribution in [2.45, 2.75) is 30.2 Å². The second-order valence-electron chi connectivity index (χ2n) is 6.04. The first-order chi connectivity index (χ1) is 10.7. The lowest BCUT2D eigenvalue weighted by Gasteiger charge is -2.29. The largest absolute Gasteiger partial charge is 0.365 e. The molecule has 1 saturated heterocycles. The standard InChI is InChI=1S/C15H21FN4O2S/c1-19(2)7-5-12-4-3-6-20(12)15-11(10-17)8-13(9-14(15)16)23(18,21)22/h8-9,12H,3-7H2,1-2H3,(H2,18,21,22)/t12-/m0/s1. The van der Waals surface area contributed by atoms with Crippen molar-refractivity contribution in [2.24, 2.45) is 5.14 Å². The molecular formula is C15H21FN4O2S. The highest BCUT2D eigenvalue weighted by Crippen LogP contribution is 2.33. The minimum Gasteiger partial charge on any atom is -0.365 e. The molecule has 0 bridgehead atoms. The fourth-order valence-corrected chi connectivity index (χ4v) is 3.50. The molecule has 23 heavy (non-hydrogen) atoms. The van der Waals surface area contributed by atoms with Crippen LogP contribution in [0, 0.1) is 17.1 Å². The Morgan fingerprint density at radius 1 is 1.48 bits per heavy atom. The van der Waals surface area contributed by atoms with Crippen molar-refractivity contribution >= 4 is 15.7 Å². The highest BCUT2D eigenvalue weighted by molar-refractivity contribution is 7.89. The van der Waals surface area contributed by atoms with Gasteiger partial charge in [0.1, 0.15) is 11.9 Å². The van der Waals surface area contributed by atoms with Gasteiger partial charge in [0.05, 0.1) is 16.1 Å². The highest BCUT2D eigenvalue weighted by Gasteiger charge is 2.29. The molecule has 6 nitrogen and oxygen atoms in total. The average Bonchev–Trinajstić information content (AvgIpc) is 2.91. The number of halogens is 1. The quantitative estimate of drug-likeness (QED) is 0.871. The van der Waals surface area contributed by atoms with Crippen molar-refractivity contribution in [3.05, 3.63) is 23.5 Å². The van der Waals surface area contributed by atoms with Crippen LogP contribution in [0.1, 0.15) is 24.8 Å². The van der Waals surface area contributed by atoms with Crippen LogP contribution in [-0.2, 0) is 10.0 Å². The fraction of sp³-hybridized carbons (Fsp3) is 0.533. The van der Waals surface area contributed by atoms with Gasteiger partial charge in [-0.05, 0) is 52.0 Å². The lowest BCUT2D eigenvalue weighted by atomic mass is 10.1. The first-order valence-corrected chi connectivity index (χ1v) is 8.96. The highest BCUT2D eigenvalue weighted by atomic mass is 32.2. The van der Waals surface area contributed by atoms with E-state index in [2.05, 4.69) is 4.90 Å². The van der Waals surface area contributed by atoms with Gasteiger partial charge >= 0.3 is 0 Å². The van der Waals surface area contributed by atoms with Crippen LogP contribution < -0.4 is 10.0 Å². The van der Waals surface area contributed by atoms with Gasteiger partial charge in [0, 0.05) is 12.6 Å². The zero-order valence-corrected chi connectivity index (χ0v) is 14.1.